The second-order valence-corrected chi connectivity index (χ2v) is 9.49. The van der Waals surface area contributed by atoms with Crippen molar-refractivity contribution in [2.45, 2.75) is 4.90 Å². The van der Waals surface area contributed by atoms with E-state index in [4.69, 9.17) is 16.3 Å². The Hall–Kier alpha value is -4.35. The van der Waals surface area contributed by atoms with Crippen LogP contribution in [0, 0.1) is 0 Å². The Morgan fingerprint density at radius 1 is 1.06 bits per heavy atom. The molecule has 0 atom stereocenters. The van der Waals surface area contributed by atoms with Crippen molar-refractivity contribution in [3.63, 3.8) is 0 Å². The number of aromatic nitrogens is 2. The molecule has 0 unspecified atom stereocenters. The number of aromatic hydroxyl groups is 1. The molecule has 184 valence electrons. The van der Waals surface area contributed by atoms with E-state index in [9.17, 15) is 23.1 Å². The molecule has 0 spiro atoms. The van der Waals surface area contributed by atoms with Crippen molar-refractivity contribution in [1.82, 2.24) is 9.55 Å². The number of hydrogen-bond acceptors (Lipinski definition) is 7. The van der Waals surface area contributed by atoms with Gasteiger partial charge in [0.15, 0.2) is 0 Å². The molecule has 0 bridgehead atoms. The molecule has 3 aromatic carbocycles. The minimum Gasteiger partial charge on any atom is -0.494 e. The highest BCUT2D eigenvalue weighted by atomic mass is 35.5. The highest BCUT2D eigenvalue weighted by Gasteiger charge is 2.18. The van der Waals surface area contributed by atoms with Gasteiger partial charge < -0.3 is 9.84 Å². The van der Waals surface area contributed by atoms with Crippen LogP contribution in [0.1, 0.15) is 5.56 Å². The summed E-state index contributed by atoms with van der Waals surface area (Å²) >= 11 is 5.98. The standard InChI is InChI=1S/C24H19ClN4O6S/c1-35-21-13-18(36(33,34)28-16-7-3-2-4-8-16)10-11-20(21)26-14-19-22(30)27-24(32)29(23(19)31)17-9-5-6-15(25)12-17/h2-14,28,31H,1H3,(H,27,30,32). The van der Waals surface area contributed by atoms with Crippen molar-refractivity contribution in [3.05, 3.63) is 104 Å². The lowest BCUT2D eigenvalue weighted by Gasteiger charge is -2.11. The van der Waals surface area contributed by atoms with E-state index in [-0.39, 0.29) is 27.6 Å². The van der Waals surface area contributed by atoms with Crippen LogP contribution in [-0.4, -0.2) is 36.4 Å². The third-order valence-corrected chi connectivity index (χ3v) is 6.62. The lowest BCUT2D eigenvalue weighted by atomic mass is 10.2. The molecule has 0 aliphatic carbocycles. The van der Waals surface area contributed by atoms with Gasteiger partial charge in [-0.15, -0.1) is 0 Å². The smallest absolute Gasteiger partial charge is 0.335 e. The third-order valence-electron chi connectivity index (χ3n) is 5.01. The first-order valence-corrected chi connectivity index (χ1v) is 12.2. The quantitative estimate of drug-likeness (QED) is 0.315. The van der Waals surface area contributed by atoms with Gasteiger partial charge in [-0.3, -0.25) is 19.5 Å². The SMILES string of the molecule is COc1cc(S(=O)(=O)Nc2ccccc2)ccc1N=Cc1c(O)n(-c2cccc(Cl)c2)c(=O)[nH]c1=O. The molecule has 1 aromatic heterocycles. The number of aliphatic imine (C=N–C) groups is 1. The van der Waals surface area contributed by atoms with Crippen LogP contribution in [0.5, 0.6) is 11.6 Å². The average molecular weight is 527 g/mol. The fourth-order valence-electron chi connectivity index (χ4n) is 3.30. The number of hydrogen-bond donors (Lipinski definition) is 3. The second-order valence-electron chi connectivity index (χ2n) is 7.38. The van der Waals surface area contributed by atoms with Gasteiger partial charge >= 0.3 is 5.69 Å². The van der Waals surface area contributed by atoms with Crippen LogP contribution < -0.4 is 20.7 Å². The molecule has 4 rings (SSSR count). The van der Waals surface area contributed by atoms with Crippen LogP contribution >= 0.6 is 11.6 Å². The summed E-state index contributed by atoms with van der Waals surface area (Å²) in [7, 11) is -2.58. The molecule has 0 radical (unpaired) electrons. The summed E-state index contributed by atoms with van der Waals surface area (Å²) in [6.45, 7) is 0. The molecule has 0 saturated heterocycles. The van der Waals surface area contributed by atoms with Gasteiger partial charge in [-0.05, 0) is 42.5 Å². The first-order chi connectivity index (χ1) is 17.2. The normalized spacial score (nSPS) is 11.5. The fourth-order valence-corrected chi connectivity index (χ4v) is 4.55. The molecule has 0 aliphatic rings. The molecular formula is C24H19ClN4O6S. The first kappa shape index (κ1) is 24.8. The van der Waals surface area contributed by atoms with Crippen LogP contribution in [0.3, 0.4) is 0 Å². The van der Waals surface area contributed by atoms with Gasteiger partial charge in [-0.2, -0.15) is 0 Å². The maximum Gasteiger partial charge on any atom is 0.335 e. The summed E-state index contributed by atoms with van der Waals surface area (Å²) in [5.41, 5.74) is -1.24. The first-order valence-electron chi connectivity index (χ1n) is 10.3. The van der Waals surface area contributed by atoms with E-state index >= 15 is 0 Å². The predicted molar refractivity (Wildman–Crippen MR) is 137 cm³/mol. The largest absolute Gasteiger partial charge is 0.494 e. The van der Waals surface area contributed by atoms with Gasteiger partial charge in [0, 0.05) is 23.0 Å². The van der Waals surface area contributed by atoms with E-state index in [1.54, 1.807) is 42.5 Å². The zero-order valence-electron chi connectivity index (χ0n) is 18.7. The summed E-state index contributed by atoms with van der Waals surface area (Å²) in [6, 6.07) is 18.5. The number of halogens is 1. The highest BCUT2D eigenvalue weighted by molar-refractivity contribution is 7.92. The number of methoxy groups -OCH3 is 1. The molecule has 0 amide bonds. The monoisotopic (exact) mass is 526 g/mol. The van der Waals surface area contributed by atoms with Crippen molar-refractivity contribution in [3.8, 4) is 17.3 Å². The summed E-state index contributed by atoms with van der Waals surface area (Å²) in [4.78, 5) is 30.9. The van der Waals surface area contributed by atoms with Crippen LogP contribution in [0.15, 0.2) is 92.3 Å². The summed E-state index contributed by atoms with van der Waals surface area (Å²) in [5, 5.41) is 11.0. The lowest BCUT2D eigenvalue weighted by molar-refractivity contribution is 0.415. The van der Waals surface area contributed by atoms with Crippen molar-refractivity contribution < 1.29 is 18.3 Å². The number of nitrogens with zero attached hydrogens (tertiary/aromatic N) is 2. The highest BCUT2D eigenvalue weighted by Crippen LogP contribution is 2.31. The van der Waals surface area contributed by atoms with Gasteiger partial charge in [0.25, 0.3) is 15.6 Å². The predicted octanol–water partition coefficient (Wildman–Crippen LogP) is 3.44. The summed E-state index contributed by atoms with van der Waals surface area (Å²) in [6.07, 6.45) is 1.04. The molecule has 0 fully saturated rings. The Morgan fingerprint density at radius 2 is 1.81 bits per heavy atom. The zero-order valence-corrected chi connectivity index (χ0v) is 20.2. The maximum absolute atomic E-state index is 12.8. The fraction of sp³-hybridized carbons (Fsp3) is 0.0417. The molecule has 4 aromatic rings. The Morgan fingerprint density at radius 3 is 2.50 bits per heavy atom. The molecule has 3 N–H and O–H groups in total. The number of sulfonamides is 1. The maximum atomic E-state index is 12.8. The minimum absolute atomic E-state index is 0.0719. The van der Waals surface area contributed by atoms with Gasteiger partial charge in [0.05, 0.1) is 17.7 Å². The van der Waals surface area contributed by atoms with Crippen molar-refractivity contribution in [2.75, 3.05) is 11.8 Å². The number of H-pyrrole nitrogens is 1. The zero-order chi connectivity index (χ0) is 25.9. The van der Waals surface area contributed by atoms with E-state index in [0.717, 1.165) is 10.8 Å². The Balaban J connectivity index is 1.71. The number of aromatic amines is 1. The molecule has 36 heavy (non-hydrogen) atoms. The molecule has 1 heterocycles. The van der Waals surface area contributed by atoms with Crippen molar-refractivity contribution in [2.24, 2.45) is 4.99 Å². The van der Waals surface area contributed by atoms with Gasteiger partial charge in [-0.1, -0.05) is 35.9 Å². The Labute approximate surface area is 210 Å². The van der Waals surface area contributed by atoms with Gasteiger partial charge in [-0.25, -0.2) is 17.8 Å². The number of rotatable bonds is 7. The Kier molecular flexibility index (Phi) is 6.95. The summed E-state index contributed by atoms with van der Waals surface area (Å²) < 4.78 is 34.1. The lowest BCUT2D eigenvalue weighted by Crippen LogP contribution is -2.31. The van der Waals surface area contributed by atoms with E-state index in [0.29, 0.717) is 10.7 Å². The summed E-state index contributed by atoms with van der Waals surface area (Å²) in [5.74, 6) is -0.554. The van der Waals surface area contributed by atoms with Crippen LogP contribution in [-0.2, 0) is 10.0 Å². The van der Waals surface area contributed by atoms with E-state index in [1.165, 1.54) is 37.4 Å². The topological polar surface area (TPSA) is 143 Å². The van der Waals surface area contributed by atoms with E-state index < -0.39 is 27.2 Å². The van der Waals surface area contributed by atoms with E-state index in [2.05, 4.69) is 14.7 Å². The average Bonchev–Trinajstić information content (AvgIpc) is 2.84. The van der Waals surface area contributed by atoms with Crippen LogP contribution in [0.2, 0.25) is 5.02 Å². The minimum atomic E-state index is -3.91. The van der Waals surface area contributed by atoms with Crippen molar-refractivity contribution >= 4 is 39.2 Å². The second kappa shape index (κ2) is 10.1. The molecule has 0 saturated carbocycles. The molecule has 12 heteroatoms. The van der Waals surface area contributed by atoms with Gasteiger partial charge in [0.1, 0.15) is 17.0 Å². The number of ether oxygens (including phenoxy) is 1. The number of benzene rings is 3. The molecular weight excluding hydrogens is 508 g/mol. The Bertz CT molecular complexity index is 1680. The third kappa shape index (κ3) is 5.16. The van der Waals surface area contributed by atoms with Crippen LogP contribution in [0.4, 0.5) is 11.4 Å². The van der Waals surface area contributed by atoms with Crippen molar-refractivity contribution in [1.29, 1.82) is 0 Å². The molecule has 0 aliphatic heterocycles. The number of para-hydroxylation sites is 1. The number of nitrogens with one attached hydrogen (secondary N) is 2. The van der Waals surface area contributed by atoms with Gasteiger partial charge in [0.2, 0.25) is 5.88 Å². The van der Waals surface area contributed by atoms with E-state index in [1.807, 2.05) is 0 Å². The molecule has 10 nitrogen and oxygen atoms in total. The number of anilines is 1. The van der Waals surface area contributed by atoms with Crippen LogP contribution in [0.25, 0.3) is 5.69 Å².